The van der Waals surface area contributed by atoms with Gasteiger partial charge in [0.2, 0.25) is 11.7 Å². The minimum Gasteiger partial charge on any atom is -0.463 e. The third-order valence-electron chi connectivity index (χ3n) is 5.18. The van der Waals surface area contributed by atoms with Crippen LogP contribution in [0.3, 0.4) is 0 Å². The molecule has 7 heteroatoms. The van der Waals surface area contributed by atoms with Gasteiger partial charge in [-0.15, -0.1) is 0 Å². The van der Waals surface area contributed by atoms with Crippen molar-refractivity contribution in [2.24, 2.45) is 0 Å². The maximum Gasteiger partial charge on any atom is 0.373 e. The van der Waals surface area contributed by atoms with E-state index in [0.29, 0.717) is 17.0 Å². The summed E-state index contributed by atoms with van der Waals surface area (Å²) in [6, 6.07) is 10.8. The van der Waals surface area contributed by atoms with E-state index in [-0.39, 0.29) is 31.2 Å². The van der Waals surface area contributed by atoms with Crippen molar-refractivity contribution in [1.82, 2.24) is 4.90 Å². The monoisotopic (exact) mass is 423 g/mol. The Labute approximate surface area is 180 Å². The van der Waals surface area contributed by atoms with Gasteiger partial charge in [0.15, 0.2) is 0 Å². The van der Waals surface area contributed by atoms with E-state index in [1.807, 2.05) is 31.2 Å². The Morgan fingerprint density at radius 2 is 2.00 bits per heavy atom. The predicted molar refractivity (Wildman–Crippen MR) is 113 cm³/mol. The molecule has 1 aliphatic heterocycles. The normalized spacial score (nSPS) is 16.3. The van der Waals surface area contributed by atoms with Gasteiger partial charge in [-0.05, 0) is 31.5 Å². The van der Waals surface area contributed by atoms with Crippen molar-refractivity contribution >= 4 is 17.8 Å². The van der Waals surface area contributed by atoms with E-state index in [2.05, 4.69) is 11.3 Å². The standard InChI is InChI=1S/C24H25NO6/c1-5-11-30-24(28)22-16(3)25(14-18-9-10-20(31-18)23(27)29-4)21(26)13-19(22)17-8-6-7-15(2)12-17/h5-10,12,19H,1,11,13-14H2,2-4H3. The SMILES string of the molecule is C=CCOC(=O)C1=C(C)N(Cc2ccc(C(=O)OC)o2)C(=O)CC1c1cccc(C)c1. The van der Waals surface area contributed by atoms with Crippen LogP contribution in [0, 0.1) is 6.92 Å². The van der Waals surface area contributed by atoms with Gasteiger partial charge in [0.25, 0.3) is 0 Å². The van der Waals surface area contributed by atoms with Gasteiger partial charge >= 0.3 is 11.9 Å². The van der Waals surface area contributed by atoms with Gasteiger partial charge in [-0.2, -0.15) is 0 Å². The zero-order chi connectivity index (χ0) is 22.5. The predicted octanol–water partition coefficient (Wildman–Crippen LogP) is 3.89. The molecule has 3 rings (SSSR count). The number of hydrogen-bond donors (Lipinski definition) is 0. The Morgan fingerprint density at radius 1 is 1.23 bits per heavy atom. The van der Waals surface area contributed by atoms with Crippen LogP contribution in [0.2, 0.25) is 0 Å². The van der Waals surface area contributed by atoms with Gasteiger partial charge in [0.05, 0.1) is 19.2 Å². The number of nitrogens with zero attached hydrogens (tertiary/aromatic N) is 1. The van der Waals surface area contributed by atoms with E-state index in [1.165, 1.54) is 24.2 Å². The second kappa shape index (κ2) is 9.47. The molecule has 1 atom stereocenters. The molecule has 0 aliphatic carbocycles. The van der Waals surface area contributed by atoms with Crippen LogP contribution in [-0.2, 0) is 25.6 Å². The van der Waals surface area contributed by atoms with E-state index in [1.54, 1.807) is 13.0 Å². The molecular weight excluding hydrogens is 398 g/mol. The van der Waals surface area contributed by atoms with Crippen LogP contribution in [0.5, 0.6) is 0 Å². The number of carbonyl (C=O) groups excluding carboxylic acids is 3. The maximum absolute atomic E-state index is 13.0. The lowest BCUT2D eigenvalue weighted by Crippen LogP contribution is -2.38. The van der Waals surface area contributed by atoms with Crippen LogP contribution < -0.4 is 0 Å². The van der Waals surface area contributed by atoms with Crippen LogP contribution >= 0.6 is 0 Å². The summed E-state index contributed by atoms with van der Waals surface area (Å²) >= 11 is 0. The van der Waals surface area contributed by atoms with Crippen molar-refractivity contribution in [2.45, 2.75) is 32.7 Å². The summed E-state index contributed by atoms with van der Waals surface area (Å²) in [7, 11) is 1.26. The molecule has 7 nitrogen and oxygen atoms in total. The highest BCUT2D eigenvalue weighted by molar-refractivity contribution is 5.96. The first-order valence-corrected chi connectivity index (χ1v) is 9.88. The zero-order valence-corrected chi connectivity index (χ0v) is 17.8. The minimum atomic E-state index is -0.600. The molecule has 1 aromatic carbocycles. The smallest absolute Gasteiger partial charge is 0.373 e. The molecule has 0 N–H and O–H groups in total. The minimum absolute atomic E-state index is 0.0480. The lowest BCUT2D eigenvalue weighted by molar-refractivity contribution is -0.139. The molecule has 1 aliphatic rings. The molecule has 0 spiro atoms. The number of allylic oxidation sites excluding steroid dienone is 1. The Bertz CT molecular complexity index is 1050. The largest absolute Gasteiger partial charge is 0.463 e. The number of ether oxygens (including phenoxy) is 2. The van der Waals surface area contributed by atoms with Crippen molar-refractivity contribution in [3.8, 4) is 0 Å². The third-order valence-corrected chi connectivity index (χ3v) is 5.18. The Morgan fingerprint density at radius 3 is 2.68 bits per heavy atom. The molecule has 2 heterocycles. The molecule has 2 aromatic rings. The van der Waals surface area contributed by atoms with Crippen molar-refractivity contribution in [3.63, 3.8) is 0 Å². The molecule has 162 valence electrons. The molecular formula is C24H25NO6. The van der Waals surface area contributed by atoms with E-state index in [9.17, 15) is 14.4 Å². The van der Waals surface area contributed by atoms with Crippen LogP contribution in [0.25, 0.3) is 0 Å². The topological polar surface area (TPSA) is 86.1 Å². The number of aryl methyl sites for hydroxylation is 1. The fraction of sp³-hybridized carbons (Fsp3) is 0.292. The number of carbonyl (C=O) groups is 3. The van der Waals surface area contributed by atoms with Crippen LogP contribution in [0.1, 0.15) is 46.7 Å². The highest BCUT2D eigenvalue weighted by Crippen LogP contribution is 2.38. The zero-order valence-electron chi connectivity index (χ0n) is 17.8. The van der Waals surface area contributed by atoms with Gasteiger partial charge < -0.3 is 18.8 Å². The number of furan rings is 1. The van der Waals surface area contributed by atoms with Crippen molar-refractivity contribution in [3.05, 3.63) is 83.0 Å². The summed E-state index contributed by atoms with van der Waals surface area (Å²) in [4.78, 5) is 39.1. The number of benzene rings is 1. The molecule has 31 heavy (non-hydrogen) atoms. The first kappa shape index (κ1) is 22.1. The number of methoxy groups -OCH3 is 1. The van der Waals surface area contributed by atoms with Crippen molar-refractivity contribution < 1.29 is 28.3 Å². The average molecular weight is 423 g/mol. The summed E-state index contributed by atoms with van der Waals surface area (Å²) in [5.41, 5.74) is 2.83. The van der Waals surface area contributed by atoms with Gasteiger partial charge in [0, 0.05) is 18.0 Å². The average Bonchev–Trinajstić information content (AvgIpc) is 3.22. The summed E-state index contributed by atoms with van der Waals surface area (Å²) in [5.74, 6) is -1.20. The van der Waals surface area contributed by atoms with Crippen LogP contribution in [0.15, 0.2) is 64.7 Å². The fourth-order valence-corrected chi connectivity index (χ4v) is 3.68. The lowest BCUT2D eigenvalue weighted by atomic mass is 9.83. The van der Waals surface area contributed by atoms with Crippen molar-refractivity contribution in [2.75, 3.05) is 13.7 Å². The number of amides is 1. The molecule has 1 aromatic heterocycles. The molecule has 0 saturated heterocycles. The van der Waals surface area contributed by atoms with Gasteiger partial charge in [-0.25, -0.2) is 9.59 Å². The fourth-order valence-electron chi connectivity index (χ4n) is 3.68. The van der Waals surface area contributed by atoms with E-state index < -0.39 is 17.9 Å². The number of hydrogen-bond acceptors (Lipinski definition) is 6. The molecule has 1 unspecified atom stereocenters. The molecule has 0 radical (unpaired) electrons. The third kappa shape index (κ3) is 4.77. The summed E-state index contributed by atoms with van der Waals surface area (Å²) in [6.45, 7) is 7.42. The van der Waals surface area contributed by atoms with Crippen LogP contribution in [-0.4, -0.2) is 36.5 Å². The van der Waals surface area contributed by atoms with Gasteiger partial charge in [-0.1, -0.05) is 42.5 Å². The molecule has 1 amide bonds. The number of rotatable bonds is 7. The second-order valence-electron chi connectivity index (χ2n) is 7.29. The molecule has 0 bridgehead atoms. The first-order chi connectivity index (χ1) is 14.8. The second-order valence-corrected chi connectivity index (χ2v) is 7.29. The molecule has 0 fully saturated rings. The van der Waals surface area contributed by atoms with Gasteiger partial charge in [-0.3, -0.25) is 4.79 Å². The van der Waals surface area contributed by atoms with Crippen LogP contribution in [0.4, 0.5) is 0 Å². The van der Waals surface area contributed by atoms with Gasteiger partial charge in [0.1, 0.15) is 12.4 Å². The summed E-state index contributed by atoms with van der Waals surface area (Å²) in [6.07, 6.45) is 1.61. The lowest BCUT2D eigenvalue weighted by Gasteiger charge is -2.34. The first-order valence-electron chi connectivity index (χ1n) is 9.88. The summed E-state index contributed by atoms with van der Waals surface area (Å²) < 4.78 is 15.5. The summed E-state index contributed by atoms with van der Waals surface area (Å²) in [5, 5.41) is 0. The quantitative estimate of drug-likeness (QED) is 0.496. The Kier molecular flexibility index (Phi) is 6.74. The Balaban J connectivity index is 1.98. The highest BCUT2D eigenvalue weighted by Gasteiger charge is 2.37. The van der Waals surface area contributed by atoms with E-state index in [4.69, 9.17) is 9.15 Å². The molecule has 0 saturated carbocycles. The highest BCUT2D eigenvalue weighted by atomic mass is 16.5. The number of esters is 2. The van der Waals surface area contributed by atoms with Crippen molar-refractivity contribution in [1.29, 1.82) is 0 Å². The Hall–Kier alpha value is -3.61. The van der Waals surface area contributed by atoms with E-state index >= 15 is 0 Å². The maximum atomic E-state index is 13.0. The van der Waals surface area contributed by atoms with E-state index in [0.717, 1.165) is 11.1 Å².